The minimum Gasteiger partial charge on any atom is -0.429 e. The van der Waals surface area contributed by atoms with E-state index in [1.807, 2.05) is 0 Å². The molecule has 1 aromatic carbocycles. The van der Waals surface area contributed by atoms with Crippen LogP contribution in [-0.4, -0.2) is 22.9 Å². The van der Waals surface area contributed by atoms with Gasteiger partial charge in [0.25, 0.3) is 5.63 Å². The van der Waals surface area contributed by atoms with Crippen LogP contribution in [0.5, 0.6) is 5.75 Å². The fraction of sp³-hybridized carbons (Fsp3) is 0.357. The molecule has 0 radical (unpaired) electrons. The van der Waals surface area contributed by atoms with E-state index in [-0.39, 0.29) is 5.75 Å². The smallest absolute Gasteiger partial charge is 0.429 e. The van der Waals surface area contributed by atoms with Crippen molar-refractivity contribution in [2.45, 2.75) is 29.5 Å². The second kappa shape index (κ2) is 5.89. The van der Waals surface area contributed by atoms with Crippen LogP contribution < -0.4 is 4.74 Å². The number of aldehydes is 1. The molecule has 21 heavy (non-hydrogen) atoms. The van der Waals surface area contributed by atoms with Crippen LogP contribution in [0.1, 0.15) is 18.4 Å². The van der Waals surface area contributed by atoms with Gasteiger partial charge < -0.3 is 4.74 Å². The Morgan fingerprint density at radius 3 is 2.33 bits per heavy atom. The molecule has 1 fully saturated rings. The predicted molar refractivity (Wildman–Crippen MR) is 74.6 cm³/mol. The molecule has 0 spiro atoms. The number of carbonyl (C=O) groups excluding carboxylic acids is 1. The van der Waals surface area contributed by atoms with E-state index in [1.165, 1.54) is 24.3 Å². The first kappa shape index (κ1) is 16.2. The second-order valence-corrected chi connectivity index (χ2v) is 5.88. The highest BCUT2D eigenvalue weighted by Gasteiger charge is 2.42. The zero-order valence-corrected chi connectivity index (χ0v) is 12.2. The highest BCUT2D eigenvalue weighted by Crippen LogP contribution is 2.45. The van der Waals surface area contributed by atoms with E-state index in [0.29, 0.717) is 17.4 Å². The summed E-state index contributed by atoms with van der Waals surface area (Å²) in [5.74, 6) is -0.260. The Labute approximate surface area is 129 Å². The molecule has 0 heterocycles. The standard InChI is InChI=1S/C14H11Cl2F3O2/c15-12(17)14(18,19)21-11-3-1-9(2-4-11)10(8-20)7-13(16)5-6-13/h1-4,7-8,12H,5-6H2/b10-7+. The van der Waals surface area contributed by atoms with Crippen molar-refractivity contribution in [3.63, 3.8) is 0 Å². The maximum absolute atomic E-state index is 13.0. The van der Waals surface area contributed by atoms with Gasteiger partial charge in [0.1, 0.15) is 12.0 Å². The molecular formula is C14H11Cl2F3O2. The number of carbonyl (C=O) groups is 1. The van der Waals surface area contributed by atoms with Gasteiger partial charge >= 0.3 is 6.11 Å². The van der Waals surface area contributed by atoms with Gasteiger partial charge in [0.15, 0.2) is 0 Å². The second-order valence-electron chi connectivity index (χ2n) is 4.74. The first-order chi connectivity index (χ1) is 9.76. The maximum atomic E-state index is 13.0. The Morgan fingerprint density at radius 2 is 1.90 bits per heavy atom. The molecule has 1 atom stereocenters. The van der Waals surface area contributed by atoms with Gasteiger partial charge in [-0.05, 0) is 30.5 Å². The molecule has 0 bridgehead atoms. The van der Waals surface area contributed by atoms with Crippen molar-refractivity contribution in [1.82, 2.24) is 0 Å². The van der Waals surface area contributed by atoms with E-state index in [0.717, 1.165) is 12.8 Å². The summed E-state index contributed by atoms with van der Waals surface area (Å²) in [6.07, 6.45) is -0.272. The van der Waals surface area contributed by atoms with E-state index >= 15 is 0 Å². The van der Waals surface area contributed by atoms with Gasteiger partial charge in [-0.1, -0.05) is 29.8 Å². The van der Waals surface area contributed by atoms with Crippen molar-refractivity contribution >= 4 is 35.1 Å². The molecule has 0 aromatic heterocycles. The number of rotatable bonds is 6. The van der Waals surface area contributed by atoms with Crippen LogP contribution in [0.25, 0.3) is 5.57 Å². The van der Waals surface area contributed by atoms with Crippen molar-refractivity contribution in [3.05, 3.63) is 35.9 Å². The third-order valence-electron chi connectivity index (χ3n) is 2.96. The number of halogens is 5. The van der Waals surface area contributed by atoms with Crippen molar-refractivity contribution < 1.29 is 22.7 Å². The maximum Gasteiger partial charge on any atom is 0.444 e. The van der Waals surface area contributed by atoms with Crippen LogP contribution in [0.2, 0.25) is 0 Å². The largest absolute Gasteiger partial charge is 0.444 e. The lowest BCUT2D eigenvalue weighted by Gasteiger charge is -2.17. The number of allylic oxidation sites excluding steroid dienone is 2. The lowest BCUT2D eigenvalue weighted by atomic mass is 10.1. The molecule has 1 saturated carbocycles. The summed E-state index contributed by atoms with van der Waals surface area (Å²) >= 11 is 10.8. The Hall–Kier alpha value is -1.20. The van der Waals surface area contributed by atoms with Gasteiger partial charge in [-0.3, -0.25) is 4.79 Å². The van der Waals surface area contributed by atoms with Crippen LogP contribution in [-0.2, 0) is 4.79 Å². The fourth-order valence-corrected chi connectivity index (χ4v) is 1.90. The number of alkyl halides is 5. The van der Waals surface area contributed by atoms with Crippen LogP contribution in [0, 0.1) is 0 Å². The van der Waals surface area contributed by atoms with Gasteiger partial charge in [0.05, 0.1) is 4.87 Å². The summed E-state index contributed by atoms with van der Waals surface area (Å²) in [7, 11) is 0. The average molecular weight is 339 g/mol. The highest BCUT2D eigenvalue weighted by atomic mass is 35.5. The van der Waals surface area contributed by atoms with E-state index in [1.54, 1.807) is 6.08 Å². The monoisotopic (exact) mass is 338 g/mol. The lowest BCUT2D eigenvalue weighted by Crippen LogP contribution is -2.32. The zero-order valence-electron chi connectivity index (χ0n) is 10.7. The van der Waals surface area contributed by atoms with Gasteiger partial charge in [0, 0.05) is 5.57 Å². The topological polar surface area (TPSA) is 26.3 Å². The molecule has 114 valence electrons. The summed E-state index contributed by atoms with van der Waals surface area (Å²) in [5.41, 5.74) is -2.08. The molecular weight excluding hydrogens is 328 g/mol. The minimum atomic E-state index is -4.12. The highest BCUT2D eigenvalue weighted by molar-refractivity contribution is 6.28. The Morgan fingerprint density at radius 1 is 1.33 bits per heavy atom. The summed E-state index contributed by atoms with van der Waals surface area (Å²) < 4.78 is 42.6. The predicted octanol–water partition coefficient (Wildman–Crippen LogP) is 4.55. The van der Waals surface area contributed by atoms with Crippen molar-refractivity contribution in [1.29, 1.82) is 0 Å². The third-order valence-corrected chi connectivity index (χ3v) is 3.71. The molecule has 0 amide bonds. The molecule has 1 aliphatic rings. The molecule has 7 heteroatoms. The lowest BCUT2D eigenvalue weighted by molar-refractivity contribution is -0.199. The minimum absolute atomic E-state index is 0.260. The molecule has 1 aromatic rings. The van der Waals surface area contributed by atoms with Crippen molar-refractivity contribution in [2.75, 3.05) is 0 Å². The third kappa shape index (κ3) is 4.14. The number of hydrogen-bond acceptors (Lipinski definition) is 2. The fourth-order valence-electron chi connectivity index (χ4n) is 1.64. The molecule has 1 unspecified atom stereocenters. The Bertz CT molecular complexity index is 552. The Balaban J connectivity index is 2.15. The first-order valence-electron chi connectivity index (χ1n) is 6.08. The molecule has 0 N–H and O–H groups in total. The quantitative estimate of drug-likeness (QED) is 0.432. The zero-order chi connectivity index (χ0) is 15.7. The van der Waals surface area contributed by atoms with Gasteiger partial charge in [-0.2, -0.15) is 8.78 Å². The van der Waals surface area contributed by atoms with Crippen LogP contribution in [0.4, 0.5) is 13.2 Å². The van der Waals surface area contributed by atoms with Crippen LogP contribution >= 0.6 is 23.2 Å². The van der Waals surface area contributed by atoms with Gasteiger partial charge in [0.2, 0.25) is 0 Å². The normalized spacial score (nSPS) is 19.0. The number of ether oxygens (including phenoxy) is 1. The molecule has 1 aliphatic carbocycles. The summed E-state index contributed by atoms with van der Waals surface area (Å²) in [6.45, 7) is 0. The first-order valence-corrected chi connectivity index (χ1v) is 6.89. The van der Waals surface area contributed by atoms with Crippen LogP contribution in [0.3, 0.4) is 0 Å². The molecule has 2 rings (SSSR count). The van der Waals surface area contributed by atoms with Crippen molar-refractivity contribution in [2.24, 2.45) is 0 Å². The summed E-state index contributed by atoms with van der Waals surface area (Å²) in [5, 5.41) is 0. The average Bonchev–Trinajstić information content (AvgIpc) is 3.14. The van der Waals surface area contributed by atoms with Gasteiger partial charge in [-0.15, -0.1) is 11.6 Å². The van der Waals surface area contributed by atoms with Gasteiger partial charge in [-0.25, -0.2) is 4.39 Å². The Kier molecular flexibility index (Phi) is 4.54. The number of benzene rings is 1. The molecule has 0 aliphatic heterocycles. The summed E-state index contributed by atoms with van der Waals surface area (Å²) in [6, 6.07) is 5.23. The van der Waals surface area contributed by atoms with E-state index in [9.17, 15) is 18.0 Å². The molecule has 0 saturated heterocycles. The van der Waals surface area contributed by atoms with Crippen molar-refractivity contribution in [3.8, 4) is 5.75 Å². The SMILES string of the molecule is O=C/C(=C\C1(Cl)CC1)c1ccc(OC(F)(F)C(F)Cl)cc1. The molecule has 2 nitrogen and oxygen atoms in total. The van der Waals surface area contributed by atoms with E-state index in [2.05, 4.69) is 4.74 Å². The van der Waals surface area contributed by atoms with Crippen LogP contribution in [0.15, 0.2) is 30.3 Å². The summed E-state index contributed by atoms with van der Waals surface area (Å²) in [4.78, 5) is 10.6. The number of hydrogen-bond donors (Lipinski definition) is 0. The van der Waals surface area contributed by atoms with E-state index in [4.69, 9.17) is 23.2 Å². The van der Waals surface area contributed by atoms with E-state index < -0.39 is 16.6 Å².